The van der Waals surface area contributed by atoms with Crippen molar-refractivity contribution in [3.63, 3.8) is 0 Å². The van der Waals surface area contributed by atoms with Crippen LogP contribution in [0.2, 0.25) is 0 Å². The van der Waals surface area contributed by atoms with Crippen LogP contribution in [0.15, 0.2) is 0 Å². The zero-order valence-electron chi connectivity index (χ0n) is 66.4. The van der Waals surface area contributed by atoms with Crippen LogP contribution in [-0.2, 0) is 65.4 Å². The van der Waals surface area contributed by atoms with E-state index in [1.54, 1.807) is 0 Å². The van der Waals surface area contributed by atoms with Gasteiger partial charge in [0.15, 0.2) is 12.2 Å². The van der Waals surface area contributed by atoms with E-state index < -0.39 is 97.5 Å². The molecule has 101 heavy (non-hydrogen) atoms. The molecular formula is C82H160O17P2. The lowest BCUT2D eigenvalue weighted by atomic mass is 10.0. The topological polar surface area (TPSA) is 237 Å². The largest absolute Gasteiger partial charge is 0.472 e. The molecule has 0 aromatic heterocycles. The third kappa shape index (κ3) is 76.1. The molecule has 600 valence electrons. The molecule has 0 aliphatic carbocycles. The van der Waals surface area contributed by atoms with E-state index in [0.717, 1.165) is 108 Å². The SMILES string of the molecule is CCCCCCCCCCCCCCCCCCCCC(=O)O[C@H](COC(=O)CCCCCCCCCCCCCCCCC(C)C)COP(=O)(O)OC[C@@H](O)COP(=O)(O)OC[C@@H](COC(=O)CCCCCCCCCC(C)C)OC(=O)CCCCCCCCCCCCCCCC(C)C. The molecule has 0 spiro atoms. The molecule has 19 heteroatoms. The summed E-state index contributed by atoms with van der Waals surface area (Å²) < 4.78 is 68.8. The predicted octanol–water partition coefficient (Wildman–Crippen LogP) is 24.5. The molecule has 3 N–H and O–H groups in total. The van der Waals surface area contributed by atoms with E-state index in [9.17, 15) is 43.2 Å². The number of phosphoric acid groups is 2. The lowest BCUT2D eigenvalue weighted by Gasteiger charge is -2.21. The van der Waals surface area contributed by atoms with Crippen LogP contribution in [0.4, 0.5) is 0 Å². The molecule has 0 bridgehead atoms. The molecule has 0 saturated heterocycles. The number of ether oxygens (including phenoxy) is 4. The summed E-state index contributed by atoms with van der Waals surface area (Å²) in [6.45, 7) is 11.9. The second kappa shape index (κ2) is 72.3. The molecule has 0 heterocycles. The third-order valence-electron chi connectivity index (χ3n) is 19.1. The van der Waals surface area contributed by atoms with E-state index in [1.807, 2.05) is 0 Å². The van der Waals surface area contributed by atoms with Gasteiger partial charge >= 0.3 is 39.5 Å². The van der Waals surface area contributed by atoms with Crippen LogP contribution in [0.1, 0.15) is 427 Å². The minimum atomic E-state index is -4.96. The maximum absolute atomic E-state index is 13.1. The Balaban J connectivity index is 5.24. The molecule has 0 fully saturated rings. The minimum Gasteiger partial charge on any atom is -0.462 e. The van der Waals surface area contributed by atoms with E-state index in [-0.39, 0.29) is 25.7 Å². The van der Waals surface area contributed by atoms with Crippen LogP contribution in [-0.4, -0.2) is 96.7 Å². The van der Waals surface area contributed by atoms with Crippen molar-refractivity contribution in [2.45, 2.75) is 446 Å². The molecule has 0 aliphatic heterocycles. The van der Waals surface area contributed by atoms with Crippen LogP contribution >= 0.6 is 15.6 Å². The van der Waals surface area contributed by atoms with Gasteiger partial charge in [-0.15, -0.1) is 0 Å². The van der Waals surface area contributed by atoms with E-state index in [2.05, 4.69) is 48.5 Å². The standard InChI is InChI=1S/C82H160O17P2/c1-8-9-10-11-12-13-14-15-16-17-18-19-26-31-36-43-51-58-65-81(86)98-77(69-92-79(84)63-56-49-42-35-30-25-21-20-23-28-33-39-46-53-60-73(2)3)71-96-100(88,89)94-67-76(83)68-95-101(90,91)97-72-78(70-93-80(85)64-57-50-45-38-41-48-55-62-75(6)7)99-82(87)66-59-52-44-37-32-27-22-24-29-34-40-47-54-61-74(4)5/h73-78,83H,8-72H2,1-7H3,(H,88,89)(H,90,91)/t76-,77-,78-/m1/s1. The maximum Gasteiger partial charge on any atom is 0.472 e. The third-order valence-corrected chi connectivity index (χ3v) is 21.0. The van der Waals surface area contributed by atoms with Gasteiger partial charge in [-0.05, 0) is 43.4 Å². The van der Waals surface area contributed by atoms with E-state index in [1.165, 1.54) is 231 Å². The fourth-order valence-corrected chi connectivity index (χ4v) is 14.2. The normalized spacial score (nSPS) is 14.0. The second-order valence-electron chi connectivity index (χ2n) is 30.9. The zero-order valence-corrected chi connectivity index (χ0v) is 68.2. The molecular weight excluding hydrogens is 1320 g/mol. The van der Waals surface area contributed by atoms with E-state index in [0.29, 0.717) is 31.6 Å². The van der Waals surface area contributed by atoms with Crippen LogP contribution in [0, 0.1) is 17.8 Å². The van der Waals surface area contributed by atoms with Crippen molar-refractivity contribution in [1.29, 1.82) is 0 Å². The van der Waals surface area contributed by atoms with Crippen LogP contribution < -0.4 is 0 Å². The summed E-state index contributed by atoms with van der Waals surface area (Å²) in [5.74, 6) is 0.181. The van der Waals surface area contributed by atoms with Gasteiger partial charge in [0.25, 0.3) is 0 Å². The summed E-state index contributed by atoms with van der Waals surface area (Å²) in [6.07, 6.45) is 61.1. The molecule has 5 atom stereocenters. The number of aliphatic hydroxyl groups is 1. The molecule has 0 rings (SSSR count). The van der Waals surface area contributed by atoms with E-state index >= 15 is 0 Å². The average Bonchev–Trinajstić information content (AvgIpc) is 0.936. The molecule has 0 amide bonds. The fourth-order valence-electron chi connectivity index (χ4n) is 12.7. The number of hydrogen-bond donors (Lipinski definition) is 3. The van der Waals surface area contributed by atoms with Gasteiger partial charge < -0.3 is 33.8 Å². The van der Waals surface area contributed by atoms with Crippen molar-refractivity contribution in [2.24, 2.45) is 17.8 Å². The number of hydrogen-bond acceptors (Lipinski definition) is 15. The molecule has 2 unspecified atom stereocenters. The van der Waals surface area contributed by atoms with E-state index in [4.69, 9.17) is 37.0 Å². The Bertz CT molecular complexity index is 1960. The summed E-state index contributed by atoms with van der Waals surface area (Å²) in [7, 11) is -9.92. The second-order valence-corrected chi connectivity index (χ2v) is 33.8. The first-order chi connectivity index (χ1) is 48.7. The van der Waals surface area contributed by atoms with Crippen LogP contribution in [0.5, 0.6) is 0 Å². The number of rotatable bonds is 80. The first-order valence-corrected chi connectivity index (χ1v) is 45.3. The number of esters is 4. The Morgan fingerprint density at radius 1 is 0.267 bits per heavy atom. The van der Waals surface area contributed by atoms with Crippen molar-refractivity contribution in [1.82, 2.24) is 0 Å². The summed E-state index contributed by atoms with van der Waals surface area (Å²) in [5, 5.41) is 10.6. The predicted molar refractivity (Wildman–Crippen MR) is 414 cm³/mol. The lowest BCUT2D eigenvalue weighted by molar-refractivity contribution is -0.161. The van der Waals surface area contributed by atoms with Crippen LogP contribution in [0.25, 0.3) is 0 Å². The van der Waals surface area contributed by atoms with Crippen molar-refractivity contribution in [2.75, 3.05) is 39.6 Å². The van der Waals surface area contributed by atoms with Gasteiger partial charge in [0, 0.05) is 25.7 Å². The van der Waals surface area contributed by atoms with Gasteiger partial charge in [0.1, 0.15) is 19.3 Å². The number of carbonyl (C=O) groups is 4. The summed E-state index contributed by atoms with van der Waals surface area (Å²) >= 11 is 0. The molecule has 0 aromatic rings. The Hall–Kier alpha value is -1.94. The van der Waals surface area contributed by atoms with Gasteiger partial charge in [-0.1, -0.05) is 376 Å². The molecule has 0 aliphatic rings. The summed E-state index contributed by atoms with van der Waals surface area (Å²) in [5.41, 5.74) is 0. The maximum atomic E-state index is 13.1. The Labute approximate surface area is 619 Å². The first-order valence-electron chi connectivity index (χ1n) is 42.3. The highest BCUT2D eigenvalue weighted by Crippen LogP contribution is 2.45. The van der Waals surface area contributed by atoms with Gasteiger partial charge in [-0.25, -0.2) is 9.13 Å². The van der Waals surface area contributed by atoms with Crippen molar-refractivity contribution in [3.8, 4) is 0 Å². The highest BCUT2D eigenvalue weighted by Gasteiger charge is 2.30. The smallest absolute Gasteiger partial charge is 0.462 e. The lowest BCUT2D eigenvalue weighted by Crippen LogP contribution is -2.30. The van der Waals surface area contributed by atoms with Crippen molar-refractivity contribution in [3.05, 3.63) is 0 Å². The Morgan fingerprint density at radius 2 is 0.455 bits per heavy atom. The quantitative estimate of drug-likeness (QED) is 0.0222. The molecule has 17 nitrogen and oxygen atoms in total. The number of unbranched alkanes of at least 4 members (excludes halogenated alkanes) is 48. The monoisotopic (exact) mass is 1480 g/mol. The molecule has 0 aromatic carbocycles. The highest BCUT2D eigenvalue weighted by atomic mass is 31.2. The number of carbonyl (C=O) groups excluding carboxylic acids is 4. The summed E-state index contributed by atoms with van der Waals surface area (Å²) in [4.78, 5) is 73.1. The first kappa shape index (κ1) is 99.1. The summed E-state index contributed by atoms with van der Waals surface area (Å²) in [6, 6.07) is 0. The number of aliphatic hydroxyl groups excluding tert-OH is 1. The Kier molecular flexibility index (Phi) is 70.9. The fraction of sp³-hybridized carbons (Fsp3) is 0.951. The van der Waals surface area contributed by atoms with Gasteiger partial charge in [-0.2, -0.15) is 0 Å². The highest BCUT2D eigenvalue weighted by molar-refractivity contribution is 7.47. The van der Waals surface area contributed by atoms with Crippen LogP contribution in [0.3, 0.4) is 0 Å². The number of phosphoric ester groups is 2. The average molecular weight is 1480 g/mol. The minimum absolute atomic E-state index is 0.106. The van der Waals surface area contributed by atoms with Gasteiger partial charge in [0.05, 0.1) is 26.4 Å². The zero-order chi connectivity index (χ0) is 74.4. The van der Waals surface area contributed by atoms with Gasteiger partial charge in [-0.3, -0.25) is 37.3 Å². The molecule has 0 saturated carbocycles. The van der Waals surface area contributed by atoms with Crippen molar-refractivity contribution < 1.29 is 80.2 Å². The van der Waals surface area contributed by atoms with Gasteiger partial charge in [0.2, 0.25) is 0 Å². The van der Waals surface area contributed by atoms with Crippen molar-refractivity contribution >= 4 is 39.5 Å². The Morgan fingerprint density at radius 3 is 0.673 bits per heavy atom. The molecule has 0 radical (unpaired) electrons.